The first-order valence-corrected chi connectivity index (χ1v) is 8.37. The molecule has 3 rings (SSSR count). The summed E-state index contributed by atoms with van der Waals surface area (Å²) in [5.41, 5.74) is 0.0880. The lowest BCUT2D eigenvalue weighted by molar-refractivity contribution is -0.129. The number of hydrogen-bond donors (Lipinski definition) is 1. The first kappa shape index (κ1) is 17.8. The lowest BCUT2D eigenvalue weighted by Gasteiger charge is -2.38. The predicted molar refractivity (Wildman–Crippen MR) is 86.0 cm³/mol. The maximum absolute atomic E-state index is 13.2. The minimum Gasteiger partial charge on any atom is -0.379 e. The van der Waals surface area contributed by atoms with E-state index in [9.17, 15) is 18.4 Å². The Bertz CT molecular complexity index is 644. The van der Waals surface area contributed by atoms with Gasteiger partial charge in [0.2, 0.25) is 5.91 Å². The van der Waals surface area contributed by atoms with Crippen LogP contribution >= 0.6 is 0 Å². The summed E-state index contributed by atoms with van der Waals surface area (Å²) in [5, 5.41) is 2.88. The molecule has 0 aliphatic carbocycles. The number of rotatable bonds is 5. The first-order chi connectivity index (χ1) is 12.0. The number of morpholine rings is 1. The van der Waals surface area contributed by atoms with E-state index in [2.05, 4.69) is 10.2 Å². The highest BCUT2D eigenvalue weighted by Gasteiger charge is 2.36. The van der Waals surface area contributed by atoms with Crippen LogP contribution in [0.4, 0.5) is 8.78 Å². The van der Waals surface area contributed by atoms with Crippen molar-refractivity contribution in [3.63, 3.8) is 0 Å². The summed E-state index contributed by atoms with van der Waals surface area (Å²) in [6.07, 6.45) is 0. The van der Waals surface area contributed by atoms with Crippen LogP contribution in [0.15, 0.2) is 18.2 Å². The molecule has 8 heteroatoms. The van der Waals surface area contributed by atoms with E-state index in [1.54, 1.807) is 0 Å². The third-order valence-electron chi connectivity index (χ3n) is 4.54. The summed E-state index contributed by atoms with van der Waals surface area (Å²) >= 11 is 0. The van der Waals surface area contributed by atoms with Crippen molar-refractivity contribution < 1.29 is 23.1 Å². The number of likely N-dealkylation sites (tertiary alicyclic amines) is 1. The Labute approximate surface area is 144 Å². The van der Waals surface area contributed by atoms with Crippen molar-refractivity contribution in [1.29, 1.82) is 0 Å². The van der Waals surface area contributed by atoms with Crippen LogP contribution in [-0.2, 0) is 9.53 Å². The van der Waals surface area contributed by atoms with Gasteiger partial charge in [-0.2, -0.15) is 0 Å². The Morgan fingerprint density at radius 2 is 1.88 bits per heavy atom. The van der Waals surface area contributed by atoms with E-state index in [0.29, 0.717) is 19.6 Å². The van der Waals surface area contributed by atoms with Crippen LogP contribution in [0.5, 0.6) is 0 Å². The van der Waals surface area contributed by atoms with Crippen LogP contribution in [0, 0.1) is 17.6 Å². The van der Waals surface area contributed by atoms with E-state index in [0.717, 1.165) is 45.0 Å². The van der Waals surface area contributed by atoms with Gasteiger partial charge in [-0.25, -0.2) is 8.78 Å². The minimum atomic E-state index is -1.05. The summed E-state index contributed by atoms with van der Waals surface area (Å²) in [4.78, 5) is 27.9. The van der Waals surface area contributed by atoms with Crippen molar-refractivity contribution in [2.45, 2.75) is 0 Å². The summed E-state index contributed by atoms with van der Waals surface area (Å²) < 4.78 is 31.4. The Balaban J connectivity index is 1.39. The van der Waals surface area contributed by atoms with Gasteiger partial charge in [-0.1, -0.05) is 0 Å². The van der Waals surface area contributed by atoms with Crippen molar-refractivity contribution >= 4 is 11.8 Å². The fourth-order valence-electron chi connectivity index (χ4n) is 2.93. The molecule has 0 bridgehead atoms. The number of carbonyl (C=O) groups is 2. The molecule has 2 heterocycles. The van der Waals surface area contributed by atoms with Gasteiger partial charge < -0.3 is 15.0 Å². The summed E-state index contributed by atoms with van der Waals surface area (Å²) in [6.45, 7) is 5.11. The molecule has 2 amide bonds. The second-order valence-electron chi connectivity index (χ2n) is 6.28. The third kappa shape index (κ3) is 4.32. The number of carbonyl (C=O) groups excluding carboxylic acids is 2. The van der Waals surface area contributed by atoms with Gasteiger partial charge in [0.25, 0.3) is 5.91 Å². The van der Waals surface area contributed by atoms with Crippen molar-refractivity contribution in [2.75, 3.05) is 52.5 Å². The second-order valence-corrected chi connectivity index (χ2v) is 6.28. The maximum atomic E-state index is 13.2. The molecule has 2 aliphatic rings. The molecule has 136 valence electrons. The monoisotopic (exact) mass is 353 g/mol. The van der Waals surface area contributed by atoms with Gasteiger partial charge in [-0.3, -0.25) is 14.5 Å². The van der Waals surface area contributed by atoms with E-state index in [4.69, 9.17) is 4.74 Å². The van der Waals surface area contributed by atoms with Gasteiger partial charge in [-0.15, -0.1) is 0 Å². The molecular formula is C17H21F2N3O3. The number of hydrogen-bond acceptors (Lipinski definition) is 4. The van der Waals surface area contributed by atoms with Gasteiger partial charge in [0, 0.05) is 44.8 Å². The summed E-state index contributed by atoms with van der Waals surface area (Å²) in [7, 11) is 0. The molecule has 2 aliphatic heterocycles. The van der Waals surface area contributed by atoms with Crippen molar-refractivity contribution in [3.05, 3.63) is 35.4 Å². The van der Waals surface area contributed by atoms with Crippen LogP contribution < -0.4 is 5.32 Å². The van der Waals surface area contributed by atoms with Crippen molar-refractivity contribution in [1.82, 2.24) is 15.1 Å². The van der Waals surface area contributed by atoms with Gasteiger partial charge >= 0.3 is 0 Å². The molecule has 0 saturated carbocycles. The largest absolute Gasteiger partial charge is 0.379 e. The predicted octanol–water partition coefficient (Wildman–Crippen LogP) is 0.485. The molecule has 0 atom stereocenters. The second kappa shape index (κ2) is 7.88. The molecular weight excluding hydrogens is 332 g/mol. The van der Waals surface area contributed by atoms with Crippen LogP contribution in [0.2, 0.25) is 0 Å². The lowest BCUT2D eigenvalue weighted by Crippen LogP contribution is -2.56. The average molecular weight is 353 g/mol. The van der Waals surface area contributed by atoms with Crippen LogP contribution in [0.3, 0.4) is 0 Å². The molecule has 6 nitrogen and oxygen atoms in total. The van der Waals surface area contributed by atoms with Gasteiger partial charge in [0.05, 0.1) is 19.1 Å². The van der Waals surface area contributed by atoms with Crippen LogP contribution in [0.1, 0.15) is 10.4 Å². The van der Waals surface area contributed by atoms with E-state index in [1.807, 2.05) is 0 Å². The van der Waals surface area contributed by atoms with E-state index >= 15 is 0 Å². The maximum Gasteiger partial charge on any atom is 0.254 e. The molecule has 2 fully saturated rings. The number of amides is 2. The smallest absolute Gasteiger partial charge is 0.254 e. The van der Waals surface area contributed by atoms with E-state index < -0.39 is 17.5 Å². The molecule has 0 spiro atoms. The molecule has 0 radical (unpaired) electrons. The highest BCUT2D eigenvalue weighted by atomic mass is 19.2. The van der Waals surface area contributed by atoms with Gasteiger partial charge in [-0.05, 0) is 18.2 Å². The van der Waals surface area contributed by atoms with Gasteiger partial charge in [0.15, 0.2) is 11.6 Å². The minimum absolute atomic E-state index is 0.0809. The van der Waals surface area contributed by atoms with Crippen LogP contribution in [-0.4, -0.2) is 74.1 Å². The zero-order valence-electron chi connectivity index (χ0n) is 13.8. The first-order valence-electron chi connectivity index (χ1n) is 8.37. The SMILES string of the molecule is O=C(NCCN1CCOCC1)C1CN(C(=O)c2ccc(F)c(F)c2)C1. The molecule has 1 aromatic carbocycles. The van der Waals surface area contributed by atoms with Crippen LogP contribution in [0.25, 0.3) is 0 Å². The molecule has 1 aromatic rings. The Kier molecular flexibility index (Phi) is 5.60. The van der Waals surface area contributed by atoms with E-state index in [1.165, 1.54) is 11.0 Å². The number of benzene rings is 1. The molecule has 1 N–H and O–H groups in total. The van der Waals surface area contributed by atoms with E-state index in [-0.39, 0.29) is 17.4 Å². The molecule has 25 heavy (non-hydrogen) atoms. The Morgan fingerprint density at radius 1 is 1.16 bits per heavy atom. The van der Waals surface area contributed by atoms with Crippen molar-refractivity contribution in [3.8, 4) is 0 Å². The number of halogens is 2. The highest BCUT2D eigenvalue weighted by Crippen LogP contribution is 2.20. The molecule has 0 aromatic heterocycles. The molecule has 2 saturated heterocycles. The van der Waals surface area contributed by atoms with Gasteiger partial charge in [0.1, 0.15) is 0 Å². The zero-order chi connectivity index (χ0) is 17.8. The zero-order valence-corrected chi connectivity index (χ0v) is 13.8. The normalized spacial score (nSPS) is 18.7. The fourth-order valence-corrected chi connectivity index (χ4v) is 2.93. The quantitative estimate of drug-likeness (QED) is 0.837. The topological polar surface area (TPSA) is 61.9 Å². The Hall–Kier alpha value is -2.06. The summed E-state index contributed by atoms with van der Waals surface area (Å²) in [6, 6.07) is 3.06. The number of nitrogens with one attached hydrogen (secondary N) is 1. The number of nitrogens with zero attached hydrogens (tertiary/aromatic N) is 2. The fraction of sp³-hybridized carbons (Fsp3) is 0.529. The molecule has 0 unspecified atom stereocenters. The van der Waals surface area contributed by atoms with Crippen molar-refractivity contribution in [2.24, 2.45) is 5.92 Å². The Morgan fingerprint density at radius 3 is 2.56 bits per heavy atom. The lowest BCUT2D eigenvalue weighted by atomic mass is 9.98. The average Bonchev–Trinajstić information content (AvgIpc) is 2.57. The summed E-state index contributed by atoms with van der Waals surface area (Å²) in [5.74, 6) is -2.76. The standard InChI is InChI=1S/C17H21F2N3O3/c18-14-2-1-12(9-15(14)19)17(24)22-10-13(11-22)16(23)20-3-4-21-5-7-25-8-6-21/h1-2,9,13H,3-8,10-11H2,(H,20,23). The third-order valence-corrected chi connectivity index (χ3v) is 4.54. The number of ether oxygens (including phenoxy) is 1. The highest BCUT2D eigenvalue weighted by molar-refractivity contribution is 5.96.